The Morgan fingerprint density at radius 1 is 1.50 bits per heavy atom. The third-order valence-electron chi connectivity index (χ3n) is 3.39. The molecule has 0 spiro atoms. The highest BCUT2D eigenvalue weighted by Gasteiger charge is 2.20. The van der Waals surface area contributed by atoms with Crippen LogP contribution < -0.4 is 10.1 Å². The first kappa shape index (κ1) is 14.5. The molecule has 110 valence electrons. The van der Waals surface area contributed by atoms with Crippen molar-refractivity contribution in [1.29, 1.82) is 0 Å². The predicted octanol–water partition coefficient (Wildman–Crippen LogP) is 2.58. The van der Waals surface area contributed by atoms with Gasteiger partial charge in [0.15, 0.2) is 11.6 Å². The fourth-order valence-electron chi connectivity index (χ4n) is 2.19. The molecule has 1 heterocycles. The lowest BCUT2D eigenvalue weighted by atomic mass is 10.0. The first-order chi connectivity index (χ1) is 9.61. The number of ether oxygens (including phenoxy) is 2. The number of hydrogen-bond acceptors (Lipinski definition) is 5. The van der Waals surface area contributed by atoms with E-state index in [4.69, 9.17) is 9.47 Å². The van der Waals surface area contributed by atoms with E-state index in [0.717, 1.165) is 32.1 Å². The summed E-state index contributed by atoms with van der Waals surface area (Å²) in [6.07, 6.45) is 1.86. The van der Waals surface area contributed by atoms with E-state index in [1.54, 1.807) is 0 Å². The molecule has 0 bridgehead atoms. The maximum atomic E-state index is 13.8. The Morgan fingerprint density at radius 2 is 2.20 bits per heavy atom. The van der Waals surface area contributed by atoms with Crippen molar-refractivity contribution in [3.63, 3.8) is 0 Å². The van der Waals surface area contributed by atoms with Gasteiger partial charge in [0, 0.05) is 25.8 Å². The van der Waals surface area contributed by atoms with E-state index < -0.39 is 10.7 Å². The standard InChI is InChI=1S/C13H17FN2O4/c1-19-13-7-11(10(14)6-12(13)16(17)18)15-8-9-2-4-20-5-3-9/h6-7,9,15H,2-5,8H2,1H3. The zero-order chi connectivity index (χ0) is 14.5. The quantitative estimate of drug-likeness (QED) is 0.664. The number of nitro benzene ring substituents is 1. The number of nitrogens with zero attached hydrogens (tertiary/aromatic N) is 1. The van der Waals surface area contributed by atoms with E-state index in [1.165, 1.54) is 13.2 Å². The summed E-state index contributed by atoms with van der Waals surface area (Å²) in [5.74, 6) is -0.181. The highest BCUT2D eigenvalue weighted by molar-refractivity contribution is 5.59. The minimum absolute atomic E-state index is 0.0471. The zero-order valence-electron chi connectivity index (χ0n) is 11.2. The molecular formula is C13H17FN2O4. The molecule has 0 atom stereocenters. The number of anilines is 1. The lowest BCUT2D eigenvalue weighted by molar-refractivity contribution is -0.385. The van der Waals surface area contributed by atoms with Crippen molar-refractivity contribution in [2.75, 3.05) is 32.2 Å². The summed E-state index contributed by atoms with van der Waals surface area (Å²) in [4.78, 5) is 10.1. The van der Waals surface area contributed by atoms with Crippen LogP contribution in [-0.2, 0) is 4.74 Å². The minimum atomic E-state index is -0.663. The molecule has 0 aromatic heterocycles. The Hall–Kier alpha value is -1.89. The highest BCUT2D eigenvalue weighted by Crippen LogP contribution is 2.32. The van der Waals surface area contributed by atoms with Crippen LogP contribution in [0.5, 0.6) is 5.75 Å². The molecule has 0 unspecified atom stereocenters. The van der Waals surface area contributed by atoms with Gasteiger partial charge in [0.25, 0.3) is 0 Å². The fourth-order valence-corrected chi connectivity index (χ4v) is 2.19. The number of rotatable bonds is 5. The van der Waals surface area contributed by atoms with Crippen molar-refractivity contribution in [1.82, 2.24) is 0 Å². The number of methoxy groups -OCH3 is 1. The van der Waals surface area contributed by atoms with E-state index in [1.807, 2.05) is 0 Å². The maximum absolute atomic E-state index is 13.8. The van der Waals surface area contributed by atoms with Crippen LogP contribution in [0.15, 0.2) is 12.1 Å². The molecule has 1 aromatic carbocycles. The van der Waals surface area contributed by atoms with Gasteiger partial charge in [-0.1, -0.05) is 0 Å². The Morgan fingerprint density at radius 3 is 2.80 bits per heavy atom. The summed E-state index contributed by atoms with van der Waals surface area (Å²) < 4.78 is 24.0. The second kappa shape index (κ2) is 6.51. The Kier molecular flexibility index (Phi) is 4.73. The lowest BCUT2D eigenvalue weighted by Crippen LogP contribution is -2.23. The van der Waals surface area contributed by atoms with Crippen LogP contribution in [-0.4, -0.2) is 31.8 Å². The van der Waals surface area contributed by atoms with Crippen LogP contribution in [0.3, 0.4) is 0 Å². The lowest BCUT2D eigenvalue weighted by Gasteiger charge is -2.22. The van der Waals surface area contributed by atoms with Gasteiger partial charge in [-0.05, 0) is 18.8 Å². The molecule has 20 heavy (non-hydrogen) atoms. The molecule has 0 amide bonds. The van der Waals surface area contributed by atoms with Crippen molar-refractivity contribution in [2.45, 2.75) is 12.8 Å². The van der Waals surface area contributed by atoms with Gasteiger partial charge in [0.2, 0.25) is 0 Å². The third kappa shape index (κ3) is 3.36. The smallest absolute Gasteiger partial charge is 0.313 e. The SMILES string of the molecule is COc1cc(NCC2CCOCC2)c(F)cc1[N+](=O)[O-]. The Labute approximate surface area is 116 Å². The summed E-state index contributed by atoms with van der Waals surface area (Å²) in [7, 11) is 1.32. The molecule has 0 radical (unpaired) electrons. The number of hydrogen-bond donors (Lipinski definition) is 1. The monoisotopic (exact) mass is 284 g/mol. The van der Waals surface area contributed by atoms with Gasteiger partial charge in [-0.25, -0.2) is 4.39 Å². The van der Waals surface area contributed by atoms with E-state index in [2.05, 4.69) is 5.32 Å². The van der Waals surface area contributed by atoms with Crippen molar-refractivity contribution in [3.05, 3.63) is 28.1 Å². The van der Waals surface area contributed by atoms with Crippen LogP contribution >= 0.6 is 0 Å². The van der Waals surface area contributed by atoms with Crippen molar-refractivity contribution in [3.8, 4) is 5.75 Å². The summed E-state index contributed by atoms with van der Waals surface area (Å²) in [5, 5.41) is 13.8. The number of halogens is 1. The second-order valence-electron chi connectivity index (χ2n) is 4.70. The van der Waals surface area contributed by atoms with Crippen LogP contribution in [0.25, 0.3) is 0 Å². The molecule has 1 fully saturated rings. The predicted molar refractivity (Wildman–Crippen MR) is 71.6 cm³/mol. The van der Waals surface area contributed by atoms with Crippen molar-refractivity contribution >= 4 is 11.4 Å². The van der Waals surface area contributed by atoms with Gasteiger partial charge in [-0.3, -0.25) is 10.1 Å². The van der Waals surface area contributed by atoms with Crippen molar-refractivity contribution in [2.24, 2.45) is 5.92 Å². The molecule has 6 nitrogen and oxygen atoms in total. The van der Waals surface area contributed by atoms with Crippen LogP contribution in [0.2, 0.25) is 0 Å². The van der Waals surface area contributed by atoms with Crippen molar-refractivity contribution < 1.29 is 18.8 Å². The Bertz CT molecular complexity index is 490. The normalized spacial score (nSPS) is 15.9. The van der Waals surface area contributed by atoms with Gasteiger partial charge in [-0.2, -0.15) is 0 Å². The molecule has 1 N–H and O–H groups in total. The number of nitro groups is 1. The molecule has 1 aliphatic rings. The summed E-state index contributed by atoms with van der Waals surface area (Å²) in [5.41, 5.74) is -0.152. The number of benzene rings is 1. The molecule has 2 rings (SSSR count). The van der Waals surface area contributed by atoms with Gasteiger partial charge in [-0.15, -0.1) is 0 Å². The molecule has 1 aliphatic heterocycles. The highest BCUT2D eigenvalue weighted by atomic mass is 19.1. The van der Waals surface area contributed by atoms with Crippen LogP contribution in [0.1, 0.15) is 12.8 Å². The summed E-state index contributed by atoms with van der Waals surface area (Å²) in [6, 6.07) is 2.21. The summed E-state index contributed by atoms with van der Waals surface area (Å²) in [6.45, 7) is 2.05. The average Bonchev–Trinajstić information content (AvgIpc) is 2.46. The van der Waals surface area contributed by atoms with Crippen LogP contribution in [0, 0.1) is 21.8 Å². The van der Waals surface area contributed by atoms with E-state index in [9.17, 15) is 14.5 Å². The second-order valence-corrected chi connectivity index (χ2v) is 4.70. The molecule has 0 aliphatic carbocycles. The number of nitrogens with one attached hydrogen (secondary N) is 1. The largest absolute Gasteiger partial charge is 0.490 e. The van der Waals surface area contributed by atoms with E-state index in [0.29, 0.717) is 12.5 Å². The molecule has 7 heteroatoms. The van der Waals surface area contributed by atoms with E-state index >= 15 is 0 Å². The molecule has 1 aromatic rings. The first-order valence-electron chi connectivity index (χ1n) is 6.45. The molecule has 1 saturated heterocycles. The van der Waals surface area contributed by atoms with Gasteiger partial charge >= 0.3 is 5.69 Å². The van der Waals surface area contributed by atoms with Gasteiger partial charge in [0.05, 0.1) is 23.8 Å². The molecule has 0 saturated carbocycles. The first-order valence-corrected chi connectivity index (χ1v) is 6.45. The summed E-state index contributed by atoms with van der Waals surface area (Å²) >= 11 is 0. The average molecular weight is 284 g/mol. The van der Waals surface area contributed by atoms with Gasteiger partial charge < -0.3 is 14.8 Å². The van der Waals surface area contributed by atoms with Crippen LogP contribution in [0.4, 0.5) is 15.8 Å². The minimum Gasteiger partial charge on any atom is -0.490 e. The third-order valence-corrected chi connectivity index (χ3v) is 3.39. The fraction of sp³-hybridized carbons (Fsp3) is 0.538. The maximum Gasteiger partial charge on any atom is 0.313 e. The van der Waals surface area contributed by atoms with Gasteiger partial charge in [0.1, 0.15) is 0 Å². The molecular weight excluding hydrogens is 267 g/mol. The topological polar surface area (TPSA) is 73.6 Å². The van der Waals surface area contributed by atoms with E-state index in [-0.39, 0.29) is 17.1 Å². The Balaban J connectivity index is 2.09. The zero-order valence-corrected chi connectivity index (χ0v) is 11.2.